The fourth-order valence-electron chi connectivity index (χ4n) is 3.74. The zero-order valence-electron chi connectivity index (χ0n) is 17.1. The number of aromatic hydroxyl groups is 1. The molecule has 1 fully saturated rings. The lowest BCUT2D eigenvalue weighted by Crippen LogP contribution is -2.46. The topological polar surface area (TPSA) is 128 Å². The largest absolute Gasteiger partial charge is 0.493 e. The van der Waals surface area contributed by atoms with Gasteiger partial charge in [-0.2, -0.15) is 10.1 Å². The van der Waals surface area contributed by atoms with Gasteiger partial charge in [0.1, 0.15) is 12.9 Å². The molecule has 1 aliphatic heterocycles. The first-order valence-electron chi connectivity index (χ1n) is 10.1. The van der Waals surface area contributed by atoms with Gasteiger partial charge in [0.05, 0.1) is 11.9 Å². The molecule has 30 heavy (non-hydrogen) atoms. The number of hydrogen-bond donors (Lipinski definition) is 2. The van der Waals surface area contributed by atoms with Gasteiger partial charge in [-0.05, 0) is 18.8 Å². The number of nitrogens with zero attached hydrogens (tertiary/aromatic N) is 7. The summed E-state index contributed by atoms with van der Waals surface area (Å²) in [7, 11) is 0. The molecule has 0 bridgehead atoms. The molecule has 1 unspecified atom stereocenters. The Morgan fingerprint density at radius 3 is 2.90 bits per heavy atom. The van der Waals surface area contributed by atoms with Crippen LogP contribution in [0, 0.1) is 0 Å². The van der Waals surface area contributed by atoms with E-state index in [2.05, 4.69) is 20.1 Å². The molecule has 4 rings (SSSR count). The van der Waals surface area contributed by atoms with Crippen LogP contribution in [0.5, 0.6) is 5.88 Å². The molecule has 0 spiro atoms. The van der Waals surface area contributed by atoms with Gasteiger partial charge in [-0.15, -0.1) is 0 Å². The van der Waals surface area contributed by atoms with Crippen molar-refractivity contribution >= 4 is 5.91 Å². The average molecular weight is 410 g/mol. The first-order chi connectivity index (χ1) is 14.4. The van der Waals surface area contributed by atoms with Crippen LogP contribution in [0.1, 0.15) is 38.2 Å². The molecule has 0 saturated carbocycles. The van der Waals surface area contributed by atoms with Gasteiger partial charge < -0.3 is 15.7 Å². The molecule has 0 aromatic carbocycles. The van der Waals surface area contributed by atoms with Crippen molar-refractivity contribution in [3.63, 3.8) is 0 Å². The number of amides is 1. The van der Waals surface area contributed by atoms with E-state index >= 15 is 0 Å². The number of rotatable bonds is 5. The van der Waals surface area contributed by atoms with E-state index < -0.39 is 0 Å². The zero-order valence-corrected chi connectivity index (χ0v) is 17.1. The quantitative estimate of drug-likeness (QED) is 0.649. The summed E-state index contributed by atoms with van der Waals surface area (Å²) in [6, 6.07) is 0.0371. The van der Waals surface area contributed by atoms with E-state index in [9.17, 15) is 9.90 Å². The molecule has 1 amide bonds. The number of hydrogen-bond acceptors (Lipinski definition) is 7. The molecule has 1 saturated heterocycles. The first-order valence-corrected chi connectivity index (χ1v) is 10.1. The molecule has 1 aliphatic rings. The standard InChI is InChI=1S/C20H26N8O2/c1-13(2)17-18(24-20(25-19(17)30)27-7-5-22-12-27)14-8-23-28(9-14)11-16(29)26-6-3-4-15(21)10-26/h5,7-9,12-13,15H,3-4,6,10-11,21H2,1-2H3,(H,24,25,30). The van der Waals surface area contributed by atoms with Crippen molar-refractivity contribution in [1.82, 2.24) is 34.2 Å². The van der Waals surface area contributed by atoms with Gasteiger partial charge in [-0.25, -0.2) is 9.97 Å². The van der Waals surface area contributed by atoms with E-state index in [0.717, 1.165) is 19.4 Å². The predicted octanol–water partition coefficient (Wildman–Crippen LogP) is 1.30. The van der Waals surface area contributed by atoms with Gasteiger partial charge in [0, 0.05) is 48.8 Å². The van der Waals surface area contributed by atoms with E-state index in [4.69, 9.17) is 5.73 Å². The van der Waals surface area contributed by atoms with Crippen molar-refractivity contribution in [1.29, 1.82) is 0 Å². The highest BCUT2D eigenvalue weighted by Crippen LogP contribution is 2.33. The predicted molar refractivity (Wildman–Crippen MR) is 110 cm³/mol. The Labute approximate surface area is 174 Å². The Morgan fingerprint density at radius 2 is 2.20 bits per heavy atom. The van der Waals surface area contributed by atoms with Crippen LogP contribution in [0.2, 0.25) is 0 Å². The SMILES string of the molecule is CC(C)c1c(O)nc(-n2ccnc2)nc1-c1cnn(CC(=O)N2CCCC(N)C2)c1. The van der Waals surface area contributed by atoms with E-state index in [1.54, 1.807) is 45.3 Å². The first kappa shape index (κ1) is 20.0. The maximum absolute atomic E-state index is 12.6. The Kier molecular flexibility index (Phi) is 5.49. The number of imidazole rings is 1. The molecule has 4 heterocycles. The number of carbonyl (C=O) groups is 1. The van der Waals surface area contributed by atoms with Crippen molar-refractivity contribution in [2.24, 2.45) is 5.73 Å². The van der Waals surface area contributed by atoms with Crippen molar-refractivity contribution < 1.29 is 9.90 Å². The Hall–Kier alpha value is -3.27. The Morgan fingerprint density at radius 1 is 1.37 bits per heavy atom. The maximum Gasteiger partial charge on any atom is 0.244 e. The van der Waals surface area contributed by atoms with Crippen LogP contribution in [0.15, 0.2) is 31.1 Å². The number of piperidine rings is 1. The molecule has 0 radical (unpaired) electrons. The molecule has 0 aliphatic carbocycles. The summed E-state index contributed by atoms with van der Waals surface area (Å²) in [5, 5.41) is 14.9. The van der Waals surface area contributed by atoms with Gasteiger partial charge in [0.2, 0.25) is 17.7 Å². The van der Waals surface area contributed by atoms with Crippen molar-refractivity contribution in [3.05, 3.63) is 36.7 Å². The summed E-state index contributed by atoms with van der Waals surface area (Å²) >= 11 is 0. The van der Waals surface area contributed by atoms with Crippen LogP contribution in [-0.2, 0) is 11.3 Å². The fourth-order valence-corrected chi connectivity index (χ4v) is 3.74. The third-order valence-electron chi connectivity index (χ3n) is 5.24. The van der Waals surface area contributed by atoms with Crippen LogP contribution in [0.4, 0.5) is 0 Å². The lowest BCUT2D eigenvalue weighted by Gasteiger charge is -2.30. The van der Waals surface area contributed by atoms with E-state index in [1.165, 1.54) is 0 Å². The Balaban J connectivity index is 1.62. The van der Waals surface area contributed by atoms with Crippen LogP contribution >= 0.6 is 0 Å². The minimum Gasteiger partial charge on any atom is -0.493 e. The number of aromatic nitrogens is 6. The van der Waals surface area contributed by atoms with E-state index in [0.29, 0.717) is 29.3 Å². The normalized spacial score (nSPS) is 16.9. The molecule has 158 valence electrons. The highest BCUT2D eigenvalue weighted by Gasteiger charge is 2.23. The van der Waals surface area contributed by atoms with Crippen molar-refractivity contribution in [3.8, 4) is 23.1 Å². The lowest BCUT2D eigenvalue weighted by molar-refractivity contribution is -0.133. The van der Waals surface area contributed by atoms with E-state index in [1.807, 2.05) is 13.8 Å². The van der Waals surface area contributed by atoms with Crippen molar-refractivity contribution in [2.75, 3.05) is 13.1 Å². The number of carbonyl (C=O) groups excluding carboxylic acids is 1. The molecule has 10 heteroatoms. The van der Waals surface area contributed by atoms with Gasteiger partial charge in [-0.3, -0.25) is 14.0 Å². The Bertz CT molecular complexity index is 1030. The van der Waals surface area contributed by atoms with Crippen LogP contribution in [0.3, 0.4) is 0 Å². The van der Waals surface area contributed by atoms with E-state index in [-0.39, 0.29) is 30.3 Å². The van der Waals surface area contributed by atoms with Gasteiger partial charge in [0.25, 0.3) is 0 Å². The molecular weight excluding hydrogens is 384 g/mol. The molecule has 3 N–H and O–H groups in total. The second kappa shape index (κ2) is 8.23. The summed E-state index contributed by atoms with van der Waals surface area (Å²) in [4.78, 5) is 27.3. The molecular formula is C20H26N8O2. The summed E-state index contributed by atoms with van der Waals surface area (Å²) in [6.45, 7) is 5.37. The molecule has 3 aromatic heterocycles. The van der Waals surface area contributed by atoms with Crippen LogP contribution < -0.4 is 5.73 Å². The summed E-state index contributed by atoms with van der Waals surface area (Å²) in [5.74, 6) is 0.227. The van der Waals surface area contributed by atoms with Gasteiger partial charge in [0.15, 0.2) is 0 Å². The van der Waals surface area contributed by atoms with Gasteiger partial charge >= 0.3 is 0 Å². The summed E-state index contributed by atoms with van der Waals surface area (Å²) in [5.41, 5.74) is 7.91. The third-order valence-corrected chi connectivity index (χ3v) is 5.24. The second-order valence-electron chi connectivity index (χ2n) is 7.90. The lowest BCUT2D eigenvalue weighted by atomic mass is 9.99. The highest BCUT2D eigenvalue weighted by molar-refractivity contribution is 5.76. The second-order valence-corrected chi connectivity index (χ2v) is 7.90. The summed E-state index contributed by atoms with van der Waals surface area (Å²) in [6.07, 6.45) is 10.2. The zero-order chi connectivity index (χ0) is 21.3. The third kappa shape index (κ3) is 4.04. The monoisotopic (exact) mass is 410 g/mol. The van der Waals surface area contributed by atoms with Crippen molar-refractivity contribution in [2.45, 2.75) is 45.2 Å². The fraction of sp³-hybridized carbons (Fsp3) is 0.450. The number of nitrogens with two attached hydrogens (primary N) is 1. The minimum atomic E-state index is -0.0789. The van der Waals surface area contributed by atoms with Crippen LogP contribution in [0.25, 0.3) is 17.2 Å². The molecule has 3 aromatic rings. The number of likely N-dealkylation sites (tertiary alicyclic amines) is 1. The minimum absolute atomic E-state index is 0.00310. The average Bonchev–Trinajstić information content (AvgIpc) is 3.39. The molecule has 10 nitrogen and oxygen atoms in total. The highest BCUT2D eigenvalue weighted by atomic mass is 16.3. The maximum atomic E-state index is 12.6. The smallest absolute Gasteiger partial charge is 0.244 e. The molecule has 1 atom stereocenters. The van der Waals surface area contributed by atoms with Crippen LogP contribution in [-0.4, -0.2) is 64.3 Å². The summed E-state index contributed by atoms with van der Waals surface area (Å²) < 4.78 is 3.22. The van der Waals surface area contributed by atoms with Gasteiger partial charge in [-0.1, -0.05) is 13.8 Å².